The molecule has 5 nitrogen and oxygen atoms in total. The van der Waals surface area contributed by atoms with Gasteiger partial charge in [0, 0.05) is 11.1 Å². The maximum absolute atomic E-state index is 11.7. The number of hydrogen-bond acceptors (Lipinski definition) is 5. The Hall–Kier alpha value is -3.65. The highest BCUT2D eigenvalue weighted by atomic mass is 16.6. The fraction of sp³-hybridized carbons (Fsp3) is 0.174. The number of carbonyl (C=O) groups excluding carboxylic acids is 1. The lowest BCUT2D eigenvalue weighted by molar-refractivity contribution is -0.145. The van der Waals surface area contributed by atoms with E-state index in [4.69, 9.17) is 9.47 Å². The minimum atomic E-state index is -0.504. The first-order valence-corrected chi connectivity index (χ1v) is 8.98. The first-order chi connectivity index (χ1) is 13.6. The molecule has 0 saturated carbocycles. The number of nitrogens with zero attached hydrogens (tertiary/aromatic N) is 2. The van der Waals surface area contributed by atoms with Gasteiger partial charge in [-0.05, 0) is 25.5 Å². The first-order valence-electron chi connectivity index (χ1n) is 8.98. The van der Waals surface area contributed by atoms with E-state index in [2.05, 4.69) is 11.1 Å². The number of aryl methyl sites for hydroxylation is 1. The van der Waals surface area contributed by atoms with Gasteiger partial charge in [0.05, 0.1) is 12.3 Å². The molecule has 0 radical (unpaired) electrons. The Balaban J connectivity index is 2.11. The van der Waals surface area contributed by atoms with Crippen molar-refractivity contribution in [2.24, 2.45) is 0 Å². The zero-order valence-electron chi connectivity index (χ0n) is 15.8. The zero-order chi connectivity index (χ0) is 19.9. The summed E-state index contributed by atoms with van der Waals surface area (Å²) < 4.78 is 10.5. The lowest BCUT2D eigenvalue weighted by atomic mass is 9.98. The highest BCUT2D eigenvalue weighted by Crippen LogP contribution is 2.33. The maximum atomic E-state index is 11.7. The number of nitriles is 1. The van der Waals surface area contributed by atoms with E-state index in [0.29, 0.717) is 11.3 Å². The predicted molar refractivity (Wildman–Crippen MR) is 107 cm³/mol. The predicted octanol–water partition coefficient (Wildman–Crippen LogP) is 4.54. The molecule has 2 aromatic carbocycles. The van der Waals surface area contributed by atoms with Gasteiger partial charge in [-0.15, -0.1) is 0 Å². The summed E-state index contributed by atoms with van der Waals surface area (Å²) in [5.41, 5.74) is 4.55. The van der Waals surface area contributed by atoms with Crippen molar-refractivity contribution in [1.29, 1.82) is 5.26 Å². The standard InChI is InChI=1S/C23H20N2O3/c1-3-27-22(26)15-28-23-20(14-24)19(17-7-5-4-6-8-17)13-21(25-23)18-11-9-16(2)10-12-18/h4-13H,3,15H2,1-2H3. The SMILES string of the molecule is CCOC(=O)COc1nc(-c2ccc(C)cc2)cc(-c2ccccc2)c1C#N. The number of rotatable bonds is 6. The Morgan fingerprint density at radius 1 is 1.07 bits per heavy atom. The van der Waals surface area contributed by atoms with Crippen molar-refractivity contribution in [3.05, 3.63) is 71.8 Å². The van der Waals surface area contributed by atoms with E-state index in [9.17, 15) is 10.1 Å². The van der Waals surface area contributed by atoms with E-state index in [-0.39, 0.29) is 24.7 Å². The number of carbonyl (C=O) groups is 1. The summed E-state index contributed by atoms with van der Waals surface area (Å²) in [4.78, 5) is 16.2. The second-order valence-electron chi connectivity index (χ2n) is 6.17. The molecule has 0 fully saturated rings. The van der Waals surface area contributed by atoms with Crippen LogP contribution in [0.25, 0.3) is 22.4 Å². The molecule has 0 amide bonds. The van der Waals surface area contributed by atoms with Crippen LogP contribution < -0.4 is 4.74 Å². The minimum Gasteiger partial charge on any atom is -0.465 e. The molecule has 28 heavy (non-hydrogen) atoms. The summed E-state index contributed by atoms with van der Waals surface area (Å²) in [7, 11) is 0. The smallest absolute Gasteiger partial charge is 0.344 e. The van der Waals surface area contributed by atoms with Crippen molar-refractivity contribution >= 4 is 5.97 Å². The van der Waals surface area contributed by atoms with Gasteiger partial charge in [0.15, 0.2) is 6.61 Å². The Bertz CT molecular complexity index is 1010. The van der Waals surface area contributed by atoms with Gasteiger partial charge >= 0.3 is 5.97 Å². The number of pyridine rings is 1. The van der Waals surface area contributed by atoms with Crippen LogP contribution in [0.5, 0.6) is 5.88 Å². The highest BCUT2D eigenvalue weighted by molar-refractivity contribution is 5.78. The molecule has 1 aromatic heterocycles. The van der Waals surface area contributed by atoms with E-state index in [1.54, 1.807) is 6.92 Å². The first kappa shape index (κ1) is 19.1. The molecular weight excluding hydrogens is 352 g/mol. The Labute approximate surface area is 164 Å². The lowest BCUT2D eigenvalue weighted by Gasteiger charge is -2.13. The van der Waals surface area contributed by atoms with Crippen molar-refractivity contribution in [3.8, 4) is 34.3 Å². The quantitative estimate of drug-likeness (QED) is 0.594. The Kier molecular flexibility index (Phi) is 6.03. The van der Waals surface area contributed by atoms with Crippen LogP contribution >= 0.6 is 0 Å². The molecular formula is C23H20N2O3. The Morgan fingerprint density at radius 2 is 1.79 bits per heavy atom. The third-order valence-electron chi connectivity index (χ3n) is 4.16. The number of esters is 1. The number of ether oxygens (including phenoxy) is 2. The van der Waals surface area contributed by atoms with Crippen molar-refractivity contribution < 1.29 is 14.3 Å². The summed E-state index contributed by atoms with van der Waals surface area (Å²) in [6.45, 7) is 3.70. The molecule has 0 aliphatic heterocycles. The normalized spacial score (nSPS) is 10.2. The van der Waals surface area contributed by atoms with Crippen molar-refractivity contribution in [2.45, 2.75) is 13.8 Å². The van der Waals surface area contributed by atoms with E-state index < -0.39 is 5.97 Å². The fourth-order valence-electron chi connectivity index (χ4n) is 2.78. The third kappa shape index (κ3) is 4.36. The summed E-state index contributed by atoms with van der Waals surface area (Å²) in [6.07, 6.45) is 0. The number of hydrogen-bond donors (Lipinski definition) is 0. The third-order valence-corrected chi connectivity index (χ3v) is 4.16. The van der Waals surface area contributed by atoms with Crippen LogP contribution in [0.4, 0.5) is 0 Å². The van der Waals surface area contributed by atoms with Gasteiger partial charge in [0.25, 0.3) is 0 Å². The maximum Gasteiger partial charge on any atom is 0.344 e. The van der Waals surface area contributed by atoms with E-state index >= 15 is 0 Å². The topological polar surface area (TPSA) is 72.2 Å². The average molecular weight is 372 g/mol. The minimum absolute atomic E-state index is 0.118. The molecule has 0 aliphatic rings. The van der Waals surface area contributed by atoms with Crippen LogP contribution in [0.1, 0.15) is 18.1 Å². The van der Waals surface area contributed by atoms with Gasteiger partial charge in [0.2, 0.25) is 5.88 Å². The van der Waals surface area contributed by atoms with Crippen molar-refractivity contribution in [3.63, 3.8) is 0 Å². The fourth-order valence-corrected chi connectivity index (χ4v) is 2.78. The van der Waals surface area contributed by atoms with Crippen molar-refractivity contribution in [1.82, 2.24) is 4.98 Å². The molecule has 0 spiro atoms. The van der Waals surface area contributed by atoms with Gasteiger partial charge < -0.3 is 9.47 Å². The van der Waals surface area contributed by atoms with Gasteiger partial charge in [-0.25, -0.2) is 9.78 Å². The van der Waals surface area contributed by atoms with E-state index in [1.807, 2.05) is 67.6 Å². The summed E-state index contributed by atoms with van der Waals surface area (Å²) in [5, 5.41) is 9.74. The van der Waals surface area contributed by atoms with Crippen LogP contribution in [0, 0.1) is 18.3 Å². The molecule has 0 aliphatic carbocycles. The van der Waals surface area contributed by atoms with Crippen molar-refractivity contribution in [2.75, 3.05) is 13.2 Å². The zero-order valence-corrected chi connectivity index (χ0v) is 15.8. The molecule has 0 N–H and O–H groups in total. The molecule has 0 saturated heterocycles. The van der Waals surface area contributed by atoms with Gasteiger partial charge in [-0.2, -0.15) is 5.26 Å². The number of benzene rings is 2. The van der Waals surface area contributed by atoms with Crippen LogP contribution in [0.2, 0.25) is 0 Å². The van der Waals surface area contributed by atoms with Gasteiger partial charge in [-0.1, -0.05) is 60.2 Å². The summed E-state index contributed by atoms with van der Waals surface area (Å²) in [6, 6.07) is 21.5. The lowest BCUT2D eigenvalue weighted by Crippen LogP contribution is -2.16. The van der Waals surface area contributed by atoms with Gasteiger partial charge in [0.1, 0.15) is 11.6 Å². The molecule has 3 rings (SSSR count). The Morgan fingerprint density at radius 3 is 2.43 bits per heavy atom. The largest absolute Gasteiger partial charge is 0.465 e. The van der Waals surface area contributed by atoms with Crippen LogP contribution in [0.3, 0.4) is 0 Å². The van der Waals surface area contributed by atoms with Crippen LogP contribution in [-0.4, -0.2) is 24.2 Å². The molecule has 0 unspecified atom stereocenters. The number of aromatic nitrogens is 1. The summed E-state index contributed by atoms with van der Waals surface area (Å²) in [5.74, 6) is -0.386. The molecule has 0 atom stereocenters. The molecule has 1 heterocycles. The van der Waals surface area contributed by atoms with Crippen LogP contribution in [-0.2, 0) is 9.53 Å². The van der Waals surface area contributed by atoms with E-state index in [0.717, 1.165) is 16.7 Å². The van der Waals surface area contributed by atoms with Gasteiger partial charge in [-0.3, -0.25) is 0 Å². The highest BCUT2D eigenvalue weighted by Gasteiger charge is 2.17. The molecule has 0 bridgehead atoms. The van der Waals surface area contributed by atoms with Crippen LogP contribution in [0.15, 0.2) is 60.7 Å². The van der Waals surface area contributed by atoms with E-state index in [1.165, 1.54) is 0 Å². The molecule has 3 aromatic rings. The molecule has 5 heteroatoms. The second-order valence-corrected chi connectivity index (χ2v) is 6.17. The molecule has 140 valence electrons. The second kappa shape index (κ2) is 8.83. The monoisotopic (exact) mass is 372 g/mol. The average Bonchev–Trinajstić information content (AvgIpc) is 2.73. The summed E-state index contributed by atoms with van der Waals surface area (Å²) >= 11 is 0.